The van der Waals surface area contributed by atoms with E-state index in [1.807, 2.05) is 6.92 Å². The lowest BCUT2D eigenvalue weighted by molar-refractivity contribution is -0.137. The predicted molar refractivity (Wildman–Crippen MR) is 67.6 cm³/mol. The summed E-state index contributed by atoms with van der Waals surface area (Å²) in [4.78, 5) is 11.8. The maximum absolute atomic E-state index is 12.5. The van der Waals surface area contributed by atoms with Crippen molar-refractivity contribution in [3.63, 3.8) is 0 Å². The van der Waals surface area contributed by atoms with Crippen molar-refractivity contribution >= 4 is 5.78 Å². The van der Waals surface area contributed by atoms with Crippen LogP contribution in [0.4, 0.5) is 13.2 Å². The number of hydrogen-bond donors (Lipinski definition) is 1. The molecule has 1 unspecified atom stereocenters. The fourth-order valence-corrected chi connectivity index (χ4v) is 1.87. The summed E-state index contributed by atoms with van der Waals surface area (Å²) in [5.41, 5.74) is 5.18. The van der Waals surface area contributed by atoms with Gasteiger partial charge in [-0.2, -0.15) is 13.2 Å². The number of rotatable bonds is 6. The highest BCUT2D eigenvalue weighted by Crippen LogP contribution is 2.29. The summed E-state index contributed by atoms with van der Waals surface area (Å²) in [6.45, 7) is 2.36. The summed E-state index contributed by atoms with van der Waals surface area (Å²) in [6.07, 6.45) is -3.23. The molecule has 19 heavy (non-hydrogen) atoms. The zero-order valence-corrected chi connectivity index (χ0v) is 10.8. The zero-order chi connectivity index (χ0) is 14.5. The van der Waals surface area contributed by atoms with Gasteiger partial charge in [-0.15, -0.1) is 0 Å². The average molecular weight is 273 g/mol. The van der Waals surface area contributed by atoms with Crippen LogP contribution in [0.3, 0.4) is 0 Å². The molecule has 0 bridgehead atoms. The van der Waals surface area contributed by atoms with Gasteiger partial charge in [0, 0.05) is 12.8 Å². The van der Waals surface area contributed by atoms with E-state index in [1.165, 1.54) is 12.1 Å². The van der Waals surface area contributed by atoms with Crippen LogP contribution in [0.25, 0.3) is 0 Å². The first-order chi connectivity index (χ1) is 8.86. The molecule has 0 saturated carbocycles. The van der Waals surface area contributed by atoms with Crippen LogP contribution in [-0.2, 0) is 17.4 Å². The largest absolute Gasteiger partial charge is 0.416 e. The third-order valence-corrected chi connectivity index (χ3v) is 3.08. The van der Waals surface area contributed by atoms with Crippen molar-refractivity contribution in [1.29, 1.82) is 0 Å². The number of carbonyl (C=O) groups is 1. The first-order valence-corrected chi connectivity index (χ1v) is 6.24. The number of alkyl halides is 3. The second-order valence-electron chi connectivity index (χ2n) is 4.63. The van der Waals surface area contributed by atoms with E-state index in [0.717, 1.165) is 18.6 Å². The number of nitrogens with two attached hydrogens (primary N) is 1. The Hall–Kier alpha value is -1.36. The highest BCUT2D eigenvalue weighted by Gasteiger charge is 2.30. The van der Waals surface area contributed by atoms with E-state index in [-0.39, 0.29) is 18.1 Å². The van der Waals surface area contributed by atoms with Crippen molar-refractivity contribution in [3.05, 3.63) is 35.4 Å². The van der Waals surface area contributed by atoms with E-state index < -0.39 is 11.7 Å². The molecule has 0 aliphatic carbocycles. The van der Waals surface area contributed by atoms with Crippen LogP contribution in [0.5, 0.6) is 0 Å². The van der Waals surface area contributed by atoms with Crippen LogP contribution >= 0.6 is 0 Å². The van der Waals surface area contributed by atoms with Gasteiger partial charge in [-0.25, -0.2) is 0 Å². The van der Waals surface area contributed by atoms with Gasteiger partial charge >= 0.3 is 6.18 Å². The lowest BCUT2D eigenvalue weighted by Crippen LogP contribution is -2.18. The fraction of sp³-hybridized carbons (Fsp3) is 0.500. The molecular formula is C14H18F3NO. The Morgan fingerprint density at radius 2 is 2.05 bits per heavy atom. The van der Waals surface area contributed by atoms with E-state index in [2.05, 4.69) is 0 Å². The van der Waals surface area contributed by atoms with E-state index >= 15 is 0 Å². The molecule has 0 fully saturated rings. The molecule has 0 aliphatic rings. The van der Waals surface area contributed by atoms with Gasteiger partial charge in [-0.1, -0.05) is 31.5 Å². The fourth-order valence-electron chi connectivity index (χ4n) is 1.87. The molecule has 0 saturated heterocycles. The molecule has 0 spiro atoms. The number of Topliss-reactive ketones (excluding diaryl/α,β-unsaturated/α-hetero) is 1. The van der Waals surface area contributed by atoms with Crippen LogP contribution < -0.4 is 5.73 Å². The quantitative estimate of drug-likeness (QED) is 0.865. The zero-order valence-electron chi connectivity index (χ0n) is 10.8. The van der Waals surface area contributed by atoms with Crippen molar-refractivity contribution in [2.75, 3.05) is 6.54 Å². The molecule has 0 aromatic heterocycles. The lowest BCUT2D eigenvalue weighted by Gasteiger charge is -2.12. The summed E-state index contributed by atoms with van der Waals surface area (Å²) < 4.78 is 37.6. The summed E-state index contributed by atoms with van der Waals surface area (Å²) in [7, 11) is 0. The van der Waals surface area contributed by atoms with Crippen LogP contribution in [0.1, 0.15) is 30.9 Å². The number of halogens is 3. The molecule has 0 radical (unpaired) electrons. The maximum atomic E-state index is 12.5. The van der Waals surface area contributed by atoms with Crippen molar-refractivity contribution in [3.8, 4) is 0 Å². The highest BCUT2D eigenvalue weighted by molar-refractivity contribution is 5.81. The third kappa shape index (κ3) is 5.03. The summed E-state index contributed by atoms with van der Waals surface area (Å²) >= 11 is 0. The Morgan fingerprint density at radius 3 is 2.58 bits per heavy atom. The van der Waals surface area contributed by atoms with Gasteiger partial charge in [-0.05, 0) is 24.1 Å². The van der Waals surface area contributed by atoms with Gasteiger partial charge in [0.1, 0.15) is 5.78 Å². The van der Waals surface area contributed by atoms with Crippen molar-refractivity contribution in [2.45, 2.75) is 32.4 Å². The summed E-state index contributed by atoms with van der Waals surface area (Å²) in [5.74, 6) is 0.0370. The van der Waals surface area contributed by atoms with Gasteiger partial charge in [0.25, 0.3) is 0 Å². The van der Waals surface area contributed by atoms with E-state index in [0.29, 0.717) is 18.5 Å². The van der Waals surface area contributed by atoms with Gasteiger partial charge in [0.15, 0.2) is 0 Å². The minimum absolute atomic E-state index is 0.0282. The second-order valence-corrected chi connectivity index (χ2v) is 4.63. The van der Waals surface area contributed by atoms with Crippen molar-refractivity contribution in [2.24, 2.45) is 11.7 Å². The molecule has 2 N–H and O–H groups in total. The Morgan fingerprint density at radius 1 is 1.37 bits per heavy atom. The molecule has 1 rings (SSSR count). The first-order valence-electron chi connectivity index (χ1n) is 6.24. The topological polar surface area (TPSA) is 43.1 Å². The van der Waals surface area contributed by atoms with Crippen LogP contribution in [0.2, 0.25) is 0 Å². The Balaban J connectivity index is 2.70. The predicted octanol–water partition coefficient (Wildman–Crippen LogP) is 3.19. The normalized spacial score (nSPS) is 13.3. The van der Waals surface area contributed by atoms with E-state index in [1.54, 1.807) is 0 Å². The SMILES string of the molecule is CCC(CN)CC(=O)Cc1cccc(C(F)(F)F)c1. The maximum Gasteiger partial charge on any atom is 0.416 e. The van der Waals surface area contributed by atoms with E-state index in [9.17, 15) is 18.0 Å². The van der Waals surface area contributed by atoms with Crippen LogP contribution in [-0.4, -0.2) is 12.3 Å². The smallest absolute Gasteiger partial charge is 0.330 e. The average Bonchev–Trinajstić information content (AvgIpc) is 2.35. The lowest BCUT2D eigenvalue weighted by atomic mass is 9.96. The first kappa shape index (κ1) is 15.7. The van der Waals surface area contributed by atoms with Crippen LogP contribution in [0.15, 0.2) is 24.3 Å². The Bertz CT molecular complexity index is 425. The second kappa shape index (κ2) is 6.70. The molecule has 2 nitrogen and oxygen atoms in total. The number of ketones is 1. The number of benzene rings is 1. The van der Waals surface area contributed by atoms with Crippen molar-refractivity contribution in [1.82, 2.24) is 0 Å². The number of hydrogen-bond acceptors (Lipinski definition) is 2. The number of carbonyl (C=O) groups excluding carboxylic acids is 1. The minimum Gasteiger partial charge on any atom is -0.330 e. The highest BCUT2D eigenvalue weighted by atomic mass is 19.4. The van der Waals surface area contributed by atoms with Crippen LogP contribution in [0, 0.1) is 5.92 Å². The van der Waals surface area contributed by atoms with Gasteiger partial charge in [0.2, 0.25) is 0 Å². The molecule has 0 heterocycles. The molecule has 5 heteroatoms. The monoisotopic (exact) mass is 273 g/mol. The summed E-state index contributed by atoms with van der Waals surface area (Å²) in [6, 6.07) is 4.90. The van der Waals surface area contributed by atoms with Crippen molar-refractivity contribution < 1.29 is 18.0 Å². The van der Waals surface area contributed by atoms with Gasteiger partial charge in [-0.3, -0.25) is 4.79 Å². The Kier molecular flexibility index (Phi) is 5.54. The third-order valence-electron chi connectivity index (χ3n) is 3.08. The molecular weight excluding hydrogens is 255 g/mol. The summed E-state index contributed by atoms with van der Waals surface area (Å²) in [5, 5.41) is 0. The molecule has 1 aromatic rings. The molecule has 0 amide bonds. The minimum atomic E-state index is -4.37. The van der Waals surface area contributed by atoms with Gasteiger partial charge in [0.05, 0.1) is 5.56 Å². The molecule has 1 atom stereocenters. The van der Waals surface area contributed by atoms with Gasteiger partial charge < -0.3 is 5.73 Å². The molecule has 1 aromatic carbocycles. The standard InChI is InChI=1S/C14H18F3NO/c1-2-10(9-18)7-13(19)8-11-4-3-5-12(6-11)14(15,16)17/h3-6,10H,2,7-9,18H2,1H3. The Labute approximate surface area is 110 Å². The molecule has 106 valence electrons. The molecule has 0 aliphatic heterocycles. The van der Waals surface area contributed by atoms with E-state index in [4.69, 9.17) is 5.73 Å².